The van der Waals surface area contributed by atoms with Gasteiger partial charge >= 0.3 is 5.97 Å². The molecule has 1 amide bonds. The first-order valence-corrected chi connectivity index (χ1v) is 7.94. The Morgan fingerprint density at radius 1 is 1.55 bits per heavy atom. The highest BCUT2D eigenvalue weighted by Gasteiger charge is 2.40. The van der Waals surface area contributed by atoms with Gasteiger partial charge in [0, 0.05) is 17.8 Å². The van der Waals surface area contributed by atoms with E-state index in [0.717, 1.165) is 11.3 Å². The van der Waals surface area contributed by atoms with Crippen LogP contribution < -0.4 is 0 Å². The third-order valence-corrected chi connectivity index (χ3v) is 4.75. The highest BCUT2D eigenvalue weighted by molar-refractivity contribution is 7.10. The molecule has 0 bridgehead atoms. The van der Waals surface area contributed by atoms with E-state index in [1.807, 2.05) is 17.5 Å². The third kappa shape index (κ3) is 3.20. The van der Waals surface area contributed by atoms with Gasteiger partial charge in [-0.2, -0.15) is 0 Å². The summed E-state index contributed by atoms with van der Waals surface area (Å²) in [6, 6.07) is 3.55. The lowest BCUT2D eigenvalue weighted by molar-refractivity contribution is -0.152. The van der Waals surface area contributed by atoms with Gasteiger partial charge in [-0.1, -0.05) is 19.9 Å². The predicted molar refractivity (Wildman–Crippen MR) is 78.6 cm³/mol. The van der Waals surface area contributed by atoms with Crippen molar-refractivity contribution in [1.29, 1.82) is 0 Å². The topological polar surface area (TPSA) is 57.6 Å². The zero-order valence-corrected chi connectivity index (χ0v) is 12.7. The van der Waals surface area contributed by atoms with Crippen molar-refractivity contribution in [2.75, 3.05) is 6.54 Å². The second-order valence-electron chi connectivity index (χ2n) is 5.71. The molecular formula is C15H21NO3S. The van der Waals surface area contributed by atoms with E-state index in [-0.39, 0.29) is 11.9 Å². The van der Waals surface area contributed by atoms with E-state index in [9.17, 15) is 14.7 Å². The van der Waals surface area contributed by atoms with Gasteiger partial charge in [-0.3, -0.25) is 9.59 Å². The van der Waals surface area contributed by atoms with E-state index in [1.165, 1.54) is 11.3 Å². The molecule has 0 radical (unpaired) electrons. The highest BCUT2D eigenvalue weighted by atomic mass is 32.1. The largest absolute Gasteiger partial charge is 0.481 e. The number of amides is 1. The van der Waals surface area contributed by atoms with Crippen LogP contribution in [0.1, 0.15) is 44.0 Å². The number of piperidine rings is 1. The third-order valence-electron chi connectivity index (χ3n) is 3.81. The van der Waals surface area contributed by atoms with Crippen molar-refractivity contribution in [2.45, 2.75) is 39.2 Å². The lowest BCUT2D eigenvalue weighted by Crippen LogP contribution is -2.45. The second kappa shape index (κ2) is 6.39. The fourth-order valence-corrected chi connectivity index (χ4v) is 3.59. The van der Waals surface area contributed by atoms with Gasteiger partial charge in [0.25, 0.3) is 0 Å². The number of hydrogen-bond acceptors (Lipinski definition) is 3. The van der Waals surface area contributed by atoms with Gasteiger partial charge in [0.2, 0.25) is 5.91 Å². The van der Waals surface area contributed by atoms with Crippen molar-refractivity contribution in [3.63, 3.8) is 0 Å². The number of carbonyl (C=O) groups excluding carboxylic acids is 1. The molecule has 2 heterocycles. The molecule has 0 spiro atoms. The molecule has 0 aromatic carbocycles. The zero-order chi connectivity index (χ0) is 14.7. The SMILES string of the molecule is CC(C)CCN1C(=O)CCC(C(=O)O)C1c1cccs1. The maximum Gasteiger partial charge on any atom is 0.308 e. The molecule has 1 aromatic rings. The van der Waals surface area contributed by atoms with Gasteiger partial charge in [0.15, 0.2) is 0 Å². The van der Waals surface area contributed by atoms with Crippen LogP contribution in [0.3, 0.4) is 0 Å². The summed E-state index contributed by atoms with van der Waals surface area (Å²) < 4.78 is 0. The van der Waals surface area contributed by atoms with Crippen LogP contribution in [0.2, 0.25) is 0 Å². The van der Waals surface area contributed by atoms with Gasteiger partial charge in [-0.25, -0.2) is 0 Å². The quantitative estimate of drug-likeness (QED) is 0.907. The van der Waals surface area contributed by atoms with Crippen molar-refractivity contribution in [2.24, 2.45) is 11.8 Å². The average molecular weight is 295 g/mol. The van der Waals surface area contributed by atoms with E-state index in [2.05, 4.69) is 13.8 Å². The first-order valence-electron chi connectivity index (χ1n) is 7.06. The van der Waals surface area contributed by atoms with Gasteiger partial charge in [0.05, 0.1) is 12.0 Å². The normalized spacial score (nSPS) is 23.4. The molecule has 0 saturated carbocycles. The minimum absolute atomic E-state index is 0.0848. The highest BCUT2D eigenvalue weighted by Crippen LogP contribution is 2.39. The maximum atomic E-state index is 12.2. The molecule has 4 nitrogen and oxygen atoms in total. The van der Waals surface area contributed by atoms with Crippen LogP contribution in [-0.4, -0.2) is 28.4 Å². The minimum Gasteiger partial charge on any atom is -0.481 e. The van der Waals surface area contributed by atoms with Crippen LogP contribution in [0.5, 0.6) is 0 Å². The van der Waals surface area contributed by atoms with Crippen molar-refractivity contribution >= 4 is 23.2 Å². The molecule has 2 unspecified atom stereocenters. The Balaban J connectivity index is 2.27. The first-order chi connectivity index (χ1) is 9.50. The molecule has 1 saturated heterocycles. The van der Waals surface area contributed by atoms with E-state index < -0.39 is 11.9 Å². The Bertz CT molecular complexity index is 469. The molecule has 2 atom stereocenters. The lowest BCUT2D eigenvalue weighted by atomic mass is 9.87. The van der Waals surface area contributed by atoms with Crippen LogP contribution in [0.15, 0.2) is 17.5 Å². The molecule has 1 N–H and O–H groups in total. The number of thiophene rings is 1. The first kappa shape index (κ1) is 15.0. The molecule has 20 heavy (non-hydrogen) atoms. The smallest absolute Gasteiger partial charge is 0.308 e. The van der Waals surface area contributed by atoms with E-state index in [1.54, 1.807) is 4.90 Å². The number of rotatable bonds is 5. The zero-order valence-electron chi connectivity index (χ0n) is 11.9. The molecule has 1 aliphatic rings. The minimum atomic E-state index is -0.801. The Kier molecular flexibility index (Phi) is 4.81. The van der Waals surface area contributed by atoms with Gasteiger partial charge in [0.1, 0.15) is 0 Å². The molecule has 1 aliphatic heterocycles. The summed E-state index contributed by atoms with van der Waals surface area (Å²) in [4.78, 5) is 26.5. The summed E-state index contributed by atoms with van der Waals surface area (Å²) in [6.45, 7) is 4.87. The van der Waals surface area contributed by atoms with Crippen LogP contribution >= 0.6 is 11.3 Å². The van der Waals surface area contributed by atoms with Crippen molar-refractivity contribution in [1.82, 2.24) is 4.90 Å². The number of hydrogen-bond donors (Lipinski definition) is 1. The number of carboxylic acid groups (broad SMARTS) is 1. The summed E-state index contributed by atoms with van der Waals surface area (Å²) in [5.74, 6) is -0.706. The lowest BCUT2D eigenvalue weighted by Gasteiger charge is -2.39. The molecule has 2 rings (SSSR count). The van der Waals surface area contributed by atoms with Crippen molar-refractivity contribution in [3.05, 3.63) is 22.4 Å². The number of carboxylic acids is 1. The Hall–Kier alpha value is -1.36. The molecular weight excluding hydrogens is 274 g/mol. The predicted octanol–water partition coefficient (Wildman–Crippen LogP) is 3.16. The molecule has 1 aromatic heterocycles. The van der Waals surface area contributed by atoms with E-state index in [0.29, 0.717) is 25.3 Å². The number of likely N-dealkylation sites (tertiary alicyclic amines) is 1. The van der Waals surface area contributed by atoms with Crippen molar-refractivity contribution in [3.8, 4) is 0 Å². The summed E-state index contributed by atoms with van der Waals surface area (Å²) in [7, 11) is 0. The average Bonchev–Trinajstić information content (AvgIpc) is 2.89. The maximum absolute atomic E-state index is 12.2. The second-order valence-corrected chi connectivity index (χ2v) is 6.69. The summed E-state index contributed by atoms with van der Waals surface area (Å²) in [5.41, 5.74) is 0. The fourth-order valence-electron chi connectivity index (χ4n) is 2.68. The number of carbonyl (C=O) groups is 2. The number of nitrogens with zero attached hydrogens (tertiary/aromatic N) is 1. The van der Waals surface area contributed by atoms with Crippen LogP contribution in [-0.2, 0) is 9.59 Å². The van der Waals surface area contributed by atoms with Crippen molar-refractivity contribution < 1.29 is 14.7 Å². The van der Waals surface area contributed by atoms with Gasteiger partial charge < -0.3 is 10.0 Å². The van der Waals surface area contributed by atoms with E-state index in [4.69, 9.17) is 0 Å². The monoisotopic (exact) mass is 295 g/mol. The Labute approximate surface area is 123 Å². The molecule has 1 fully saturated rings. The molecule has 110 valence electrons. The Morgan fingerprint density at radius 3 is 2.85 bits per heavy atom. The summed E-state index contributed by atoms with van der Waals surface area (Å²) in [5, 5.41) is 11.4. The standard InChI is InChI=1S/C15H21NO3S/c1-10(2)7-8-16-13(17)6-5-11(15(18)19)14(16)12-4-3-9-20-12/h3-4,9-11,14H,5-8H2,1-2H3,(H,18,19). The summed E-state index contributed by atoms with van der Waals surface area (Å²) in [6.07, 6.45) is 1.69. The summed E-state index contributed by atoms with van der Waals surface area (Å²) >= 11 is 1.53. The van der Waals surface area contributed by atoms with Crippen LogP contribution in [0, 0.1) is 11.8 Å². The number of aliphatic carboxylic acids is 1. The fraction of sp³-hybridized carbons (Fsp3) is 0.600. The molecule has 5 heteroatoms. The van der Waals surface area contributed by atoms with Crippen LogP contribution in [0.4, 0.5) is 0 Å². The van der Waals surface area contributed by atoms with Gasteiger partial charge in [-0.15, -0.1) is 11.3 Å². The van der Waals surface area contributed by atoms with E-state index >= 15 is 0 Å². The van der Waals surface area contributed by atoms with Crippen LogP contribution in [0.25, 0.3) is 0 Å². The molecule has 0 aliphatic carbocycles. The Morgan fingerprint density at radius 2 is 2.30 bits per heavy atom. The van der Waals surface area contributed by atoms with Gasteiger partial charge in [-0.05, 0) is 30.2 Å².